The third kappa shape index (κ3) is 4.08. The van der Waals surface area contributed by atoms with E-state index in [1.807, 2.05) is 13.8 Å². The van der Waals surface area contributed by atoms with E-state index in [0.717, 1.165) is 0 Å². The molecular formula is C14H19ClN2O2S. The molecule has 1 unspecified atom stereocenters. The second kappa shape index (κ2) is 7.45. The van der Waals surface area contributed by atoms with Crippen LogP contribution in [0.5, 0.6) is 5.75 Å². The van der Waals surface area contributed by atoms with Crippen molar-refractivity contribution < 1.29 is 9.53 Å². The molecule has 0 fully saturated rings. The van der Waals surface area contributed by atoms with Gasteiger partial charge in [0.05, 0.1) is 17.7 Å². The van der Waals surface area contributed by atoms with Crippen molar-refractivity contribution >= 4 is 34.7 Å². The predicted octanol–water partition coefficient (Wildman–Crippen LogP) is 2.73. The van der Waals surface area contributed by atoms with Gasteiger partial charge in [-0.1, -0.05) is 30.7 Å². The third-order valence-corrected chi connectivity index (χ3v) is 3.68. The smallest absolute Gasteiger partial charge is 0.257 e. The number of methoxy groups -OCH3 is 1. The Bertz CT molecular complexity index is 508. The normalized spacial score (nSPS) is 11.8. The van der Waals surface area contributed by atoms with Crippen LogP contribution in [0.3, 0.4) is 0 Å². The van der Waals surface area contributed by atoms with Crippen molar-refractivity contribution in [2.45, 2.75) is 13.8 Å². The quantitative estimate of drug-likeness (QED) is 0.820. The molecule has 110 valence electrons. The van der Waals surface area contributed by atoms with E-state index < -0.39 is 0 Å². The van der Waals surface area contributed by atoms with Crippen LogP contribution in [0.2, 0.25) is 5.02 Å². The Balaban J connectivity index is 2.99. The Morgan fingerprint density at radius 1 is 1.55 bits per heavy atom. The van der Waals surface area contributed by atoms with Gasteiger partial charge in [-0.05, 0) is 25.1 Å². The molecule has 0 saturated heterocycles. The van der Waals surface area contributed by atoms with Gasteiger partial charge in [0.1, 0.15) is 5.75 Å². The van der Waals surface area contributed by atoms with E-state index in [1.165, 1.54) is 7.11 Å². The fourth-order valence-corrected chi connectivity index (χ4v) is 2.02. The molecule has 0 aliphatic rings. The van der Waals surface area contributed by atoms with Gasteiger partial charge in [0.2, 0.25) is 0 Å². The van der Waals surface area contributed by atoms with Crippen molar-refractivity contribution in [2.24, 2.45) is 11.7 Å². The maximum atomic E-state index is 12.5. The summed E-state index contributed by atoms with van der Waals surface area (Å²) in [4.78, 5) is 14.6. The zero-order valence-corrected chi connectivity index (χ0v) is 13.4. The number of nitrogens with two attached hydrogens (primary N) is 1. The molecule has 4 nitrogen and oxygen atoms in total. The summed E-state index contributed by atoms with van der Waals surface area (Å²) in [6.45, 7) is 4.86. The fourth-order valence-electron chi connectivity index (χ4n) is 1.79. The largest absolute Gasteiger partial charge is 0.496 e. The Morgan fingerprint density at radius 3 is 2.70 bits per heavy atom. The van der Waals surface area contributed by atoms with Gasteiger partial charge in [-0.15, -0.1) is 0 Å². The van der Waals surface area contributed by atoms with Crippen LogP contribution in [-0.2, 0) is 0 Å². The van der Waals surface area contributed by atoms with E-state index in [1.54, 1.807) is 23.1 Å². The number of benzene rings is 1. The molecule has 2 N–H and O–H groups in total. The van der Waals surface area contributed by atoms with Crippen LogP contribution >= 0.6 is 23.8 Å². The van der Waals surface area contributed by atoms with E-state index in [-0.39, 0.29) is 11.8 Å². The average molecular weight is 315 g/mol. The van der Waals surface area contributed by atoms with Crippen LogP contribution in [0.1, 0.15) is 24.2 Å². The van der Waals surface area contributed by atoms with Gasteiger partial charge in [-0.25, -0.2) is 0 Å². The van der Waals surface area contributed by atoms with Crippen molar-refractivity contribution in [2.75, 3.05) is 20.2 Å². The predicted molar refractivity (Wildman–Crippen MR) is 85.5 cm³/mol. The van der Waals surface area contributed by atoms with E-state index in [9.17, 15) is 4.79 Å². The van der Waals surface area contributed by atoms with E-state index >= 15 is 0 Å². The van der Waals surface area contributed by atoms with Gasteiger partial charge in [0, 0.05) is 24.0 Å². The van der Waals surface area contributed by atoms with Crippen LogP contribution in [0.25, 0.3) is 0 Å². The van der Waals surface area contributed by atoms with Crippen molar-refractivity contribution in [3.63, 3.8) is 0 Å². The van der Waals surface area contributed by atoms with Gasteiger partial charge in [0.25, 0.3) is 5.91 Å². The summed E-state index contributed by atoms with van der Waals surface area (Å²) >= 11 is 10.9. The van der Waals surface area contributed by atoms with Crippen molar-refractivity contribution in [1.29, 1.82) is 0 Å². The molecule has 0 bridgehead atoms. The highest BCUT2D eigenvalue weighted by atomic mass is 35.5. The molecule has 0 aliphatic heterocycles. The lowest BCUT2D eigenvalue weighted by molar-refractivity contribution is 0.0751. The number of carbonyl (C=O) groups excluding carboxylic acids is 1. The Hall–Kier alpha value is -1.33. The molecule has 20 heavy (non-hydrogen) atoms. The average Bonchev–Trinajstić information content (AvgIpc) is 2.43. The second-order valence-corrected chi connectivity index (χ2v) is 5.40. The Labute approximate surface area is 129 Å². The van der Waals surface area contributed by atoms with Crippen LogP contribution in [0.4, 0.5) is 0 Å². The molecule has 0 heterocycles. The molecule has 0 saturated carbocycles. The van der Waals surface area contributed by atoms with Crippen molar-refractivity contribution in [3.8, 4) is 5.75 Å². The summed E-state index contributed by atoms with van der Waals surface area (Å²) in [6.07, 6.45) is 0. The highest BCUT2D eigenvalue weighted by Crippen LogP contribution is 2.24. The zero-order valence-electron chi connectivity index (χ0n) is 11.9. The van der Waals surface area contributed by atoms with Crippen LogP contribution in [0, 0.1) is 5.92 Å². The molecule has 6 heteroatoms. The van der Waals surface area contributed by atoms with Crippen LogP contribution < -0.4 is 10.5 Å². The maximum Gasteiger partial charge on any atom is 0.257 e. The van der Waals surface area contributed by atoms with E-state index in [4.69, 9.17) is 34.3 Å². The minimum atomic E-state index is -0.121. The third-order valence-electron chi connectivity index (χ3n) is 3.04. The lowest BCUT2D eigenvalue weighted by Gasteiger charge is -2.25. The van der Waals surface area contributed by atoms with Crippen molar-refractivity contribution in [1.82, 2.24) is 4.90 Å². The van der Waals surface area contributed by atoms with Crippen LogP contribution in [-0.4, -0.2) is 36.0 Å². The number of hydrogen-bond donors (Lipinski definition) is 1. The zero-order chi connectivity index (χ0) is 15.3. The highest BCUT2D eigenvalue weighted by Gasteiger charge is 2.21. The lowest BCUT2D eigenvalue weighted by atomic mass is 10.1. The molecule has 0 radical (unpaired) electrons. The molecule has 1 amide bonds. The molecule has 1 atom stereocenters. The van der Waals surface area contributed by atoms with Gasteiger partial charge < -0.3 is 15.4 Å². The minimum Gasteiger partial charge on any atom is -0.496 e. The first kappa shape index (κ1) is 16.7. The van der Waals surface area contributed by atoms with Gasteiger partial charge in [-0.2, -0.15) is 0 Å². The number of ether oxygens (including phenoxy) is 1. The number of rotatable bonds is 6. The number of nitrogens with zero attached hydrogens (tertiary/aromatic N) is 1. The summed E-state index contributed by atoms with van der Waals surface area (Å²) in [5.41, 5.74) is 6.09. The topological polar surface area (TPSA) is 55.6 Å². The van der Waals surface area contributed by atoms with E-state index in [0.29, 0.717) is 34.4 Å². The van der Waals surface area contributed by atoms with Gasteiger partial charge in [0.15, 0.2) is 0 Å². The van der Waals surface area contributed by atoms with Crippen LogP contribution in [0.15, 0.2) is 18.2 Å². The summed E-state index contributed by atoms with van der Waals surface area (Å²) in [6, 6.07) is 4.96. The summed E-state index contributed by atoms with van der Waals surface area (Å²) < 4.78 is 5.21. The number of amides is 1. The molecule has 0 spiro atoms. The highest BCUT2D eigenvalue weighted by molar-refractivity contribution is 7.80. The second-order valence-electron chi connectivity index (χ2n) is 4.49. The number of carbonyl (C=O) groups is 1. The lowest BCUT2D eigenvalue weighted by Crippen LogP contribution is -2.38. The molecular weight excluding hydrogens is 296 g/mol. The number of hydrogen-bond acceptors (Lipinski definition) is 3. The van der Waals surface area contributed by atoms with Gasteiger partial charge >= 0.3 is 0 Å². The van der Waals surface area contributed by atoms with Crippen molar-refractivity contribution in [3.05, 3.63) is 28.8 Å². The van der Waals surface area contributed by atoms with Gasteiger partial charge in [-0.3, -0.25) is 4.79 Å². The number of halogens is 1. The first-order valence-corrected chi connectivity index (χ1v) is 7.11. The molecule has 1 aromatic carbocycles. The minimum absolute atomic E-state index is 0.0350. The van der Waals surface area contributed by atoms with E-state index in [2.05, 4.69) is 0 Å². The Morgan fingerprint density at radius 2 is 2.20 bits per heavy atom. The number of thiocarbonyl (C=S) groups is 1. The molecule has 1 rings (SSSR count). The molecule has 1 aromatic rings. The maximum absolute atomic E-state index is 12.5. The summed E-state index contributed by atoms with van der Waals surface area (Å²) in [5, 5.41) is 0.526. The Kier molecular flexibility index (Phi) is 6.23. The summed E-state index contributed by atoms with van der Waals surface area (Å²) in [7, 11) is 1.51. The fraction of sp³-hybridized carbons (Fsp3) is 0.429. The first-order valence-electron chi connectivity index (χ1n) is 6.32. The SMILES string of the molecule is CCN(CC(C)C(N)=S)C(=O)c1ccc(Cl)cc1OC. The summed E-state index contributed by atoms with van der Waals surface area (Å²) in [5.74, 6) is 0.306. The molecule has 0 aliphatic carbocycles. The standard InChI is InChI=1S/C14H19ClN2O2S/c1-4-17(8-9(2)13(16)20)14(18)11-6-5-10(15)7-12(11)19-3/h5-7,9H,4,8H2,1-3H3,(H2,16,20). The first-order chi connectivity index (χ1) is 9.40. The molecule has 0 aromatic heterocycles. The monoisotopic (exact) mass is 314 g/mol.